The lowest BCUT2D eigenvalue weighted by Gasteiger charge is -2.09. The molecule has 0 aromatic heterocycles. The number of carbonyl (C=O) groups excluding carboxylic acids is 1. The van der Waals surface area contributed by atoms with E-state index in [1.807, 2.05) is 0 Å². The van der Waals surface area contributed by atoms with Gasteiger partial charge >= 0.3 is 0 Å². The van der Waals surface area contributed by atoms with Crippen LogP contribution in [0.25, 0.3) is 0 Å². The van der Waals surface area contributed by atoms with Crippen molar-refractivity contribution in [2.75, 3.05) is 11.1 Å². The van der Waals surface area contributed by atoms with Gasteiger partial charge in [0, 0.05) is 11.3 Å². The molecule has 0 aliphatic carbocycles. The van der Waals surface area contributed by atoms with Crippen LogP contribution in [-0.2, 0) is 0 Å². The van der Waals surface area contributed by atoms with E-state index in [2.05, 4.69) is 5.32 Å². The maximum atomic E-state index is 13.0. The van der Waals surface area contributed by atoms with Crippen molar-refractivity contribution in [3.05, 3.63) is 58.4 Å². The third kappa shape index (κ3) is 3.03. The minimum Gasteiger partial charge on any atom is -0.398 e. The number of nitrogens with two attached hydrogens (primary N) is 1. The molecule has 0 saturated carbocycles. The minimum absolute atomic E-state index is 0.321. The molecule has 0 spiro atoms. The van der Waals surface area contributed by atoms with E-state index in [9.17, 15) is 9.18 Å². The minimum atomic E-state index is -0.341. The summed E-state index contributed by atoms with van der Waals surface area (Å²) in [6, 6.07) is 8.79. The molecule has 3 N–H and O–H groups in total. The largest absolute Gasteiger partial charge is 0.398 e. The fraction of sp³-hybridized carbons (Fsp3) is 0.0714. The molecule has 0 aliphatic rings. The highest BCUT2D eigenvalue weighted by molar-refractivity contribution is 6.33. The average Bonchev–Trinajstić information content (AvgIpc) is 2.36. The van der Waals surface area contributed by atoms with Crippen LogP contribution in [0.5, 0.6) is 0 Å². The van der Waals surface area contributed by atoms with Crippen molar-refractivity contribution in [1.82, 2.24) is 0 Å². The highest BCUT2D eigenvalue weighted by atomic mass is 35.5. The van der Waals surface area contributed by atoms with Crippen LogP contribution < -0.4 is 11.1 Å². The first kappa shape index (κ1) is 13.4. The number of hydrogen-bond donors (Lipinski definition) is 2. The summed E-state index contributed by atoms with van der Waals surface area (Å²) in [6.45, 7) is 1.72. The first-order valence-corrected chi connectivity index (χ1v) is 5.97. The number of aryl methyl sites for hydroxylation is 1. The average molecular weight is 279 g/mol. The molecule has 1 amide bonds. The molecule has 5 heteroatoms. The third-order valence-corrected chi connectivity index (χ3v) is 3.04. The first-order valence-electron chi connectivity index (χ1n) is 5.60. The van der Waals surface area contributed by atoms with Crippen molar-refractivity contribution in [3.63, 3.8) is 0 Å². The molecular weight excluding hydrogens is 267 g/mol. The topological polar surface area (TPSA) is 55.1 Å². The number of halogens is 2. The molecule has 2 aromatic carbocycles. The Morgan fingerprint density at radius 2 is 2.00 bits per heavy atom. The van der Waals surface area contributed by atoms with Crippen LogP contribution in [0, 0.1) is 12.7 Å². The molecule has 0 unspecified atom stereocenters. The van der Waals surface area contributed by atoms with E-state index in [0.717, 1.165) is 0 Å². The second-order valence-electron chi connectivity index (χ2n) is 4.15. The van der Waals surface area contributed by atoms with Gasteiger partial charge in [-0.2, -0.15) is 0 Å². The first-order chi connectivity index (χ1) is 8.97. The summed E-state index contributed by atoms with van der Waals surface area (Å²) in [6.07, 6.45) is 0. The molecule has 0 heterocycles. The summed E-state index contributed by atoms with van der Waals surface area (Å²) in [4.78, 5) is 12.0. The fourth-order valence-electron chi connectivity index (χ4n) is 1.65. The van der Waals surface area contributed by atoms with Crippen LogP contribution in [0.15, 0.2) is 36.4 Å². The van der Waals surface area contributed by atoms with E-state index in [4.69, 9.17) is 17.3 Å². The lowest BCUT2D eigenvalue weighted by atomic mass is 10.1. The van der Waals surface area contributed by atoms with Crippen molar-refractivity contribution >= 4 is 28.9 Å². The lowest BCUT2D eigenvalue weighted by molar-refractivity contribution is 0.102. The number of rotatable bonds is 2. The van der Waals surface area contributed by atoms with E-state index in [1.54, 1.807) is 19.1 Å². The van der Waals surface area contributed by atoms with Crippen LogP contribution in [0.4, 0.5) is 15.8 Å². The Kier molecular flexibility index (Phi) is 3.71. The Hall–Kier alpha value is -2.07. The molecule has 0 saturated heterocycles. The van der Waals surface area contributed by atoms with Crippen LogP contribution in [0.1, 0.15) is 15.9 Å². The molecule has 0 atom stereocenters. The molecule has 0 fully saturated rings. The zero-order valence-electron chi connectivity index (χ0n) is 10.2. The predicted octanol–water partition coefficient (Wildman–Crippen LogP) is 3.62. The van der Waals surface area contributed by atoms with E-state index >= 15 is 0 Å². The summed E-state index contributed by atoms with van der Waals surface area (Å²) in [5, 5.41) is 3.09. The summed E-state index contributed by atoms with van der Waals surface area (Å²) in [5.41, 5.74) is 7.58. The number of benzene rings is 2. The van der Waals surface area contributed by atoms with Gasteiger partial charge in [-0.3, -0.25) is 4.79 Å². The molecular formula is C14H12ClFN2O. The molecule has 2 rings (SSSR count). The second kappa shape index (κ2) is 5.28. The number of nitrogens with one attached hydrogen (secondary N) is 1. The Balaban J connectivity index is 2.23. The smallest absolute Gasteiger partial charge is 0.255 e. The zero-order valence-corrected chi connectivity index (χ0v) is 11.0. The van der Waals surface area contributed by atoms with E-state index < -0.39 is 0 Å². The highest BCUT2D eigenvalue weighted by Crippen LogP contribution is 2.21. The standard InChI is InChI=1S/C14H12ClFN2O/c1-8-6-10(16)3-5-13(8)18-14(19)9-2-4-11(15)12(17)7-9/h2-7H,17H2,1H3,(H,18,19). The van der Waals surface area contributed by atoms with Crippen molar-refractivity contribution in [3.8, 4) is 0 Å². The summed E-state index contributed by atoms with van der Waals surface area (Å²) >= 11 is 5.79. The zero-order chi connectivity index (χ0) is 14.0. The SMILES string of the molecule is Cc1cc(F)ccc1NC(=O)c1ccc(Cl)c(N)c1. The van der Waals surface area contributed by atoms with E-state index in [0.29, 0.717) is 27.5 Å². The summed E-state index contributed by atoms with van der Waals surface area (Å²) in [7, 11) is 0. The Morgan fingerprint density at radius 1 is 1.26 bits per heavy atom. The van der Waals surface area contributed by atoms with Gasteiger partial charge in [-0.15, -0.1) is 0 Å². The van der Waals surface area contributed by atoms with Gasteiger partial charge in [0.2, 0.25) is 0 Å². The molecule has 0 bridgehead atoms. The monoisotopic (exact) mass is 278 g/mol. The lowest BCUT2D eigenvalue weighted by Crippen LogP contribution is -2.13. The van der Waals surface area contributed by atoms with Gasteiger partial charge in [-0.1, -0.05) is 11.6 Å². The van der Waals surface area contributed by atoms with Gasteiger partial charge in [0.25, 0.3) is 5.91 Å². The second-order valence-corrected chi connectivity index (χ2v) is 4.56. The molecule has 3 nitrogen and oxygen atoms in total. The van der Waals surface area contributed by atoms with Crippen LogP contribution in [0.2, 0.25) is 5.02 Å². The van der Waals surface area contributed by atoms with Gasteiger partial charge < -0.3 is 11.1 Å². The number of hydrogen-bond acceptors (Lipinski definition) is 2. The predicted molar refractivity (Wildman–Crippen MR) is 75.0 cm³/mol. The summed E-state index contributed by atoms with van der Waals surface area (Å²) in [5.74, 6) is -0.663. The molecule has 0 aliphatic heterocycles. The maximum Gasteiger partial charge on any atom is 0.255 e. The quantitative estimate of drug-likeness (QED) is 0.824. The van der Waals surface area contributed by atoms with Crippen LogP contribution in [-0.4, -0.2) is 5.91 Å². The van der Waals surface area contributed by atoms with Crippen molar-refractivity contribution in [2.24, 2.45) is 0 Å². The van der Waals surface area contributed by atoms with Crippen LogP contribution >= 0.6 is 11.6 Å². The normalized spacial score (nSPS) is 10.3. The summed E-state index contributed by atoms with van der Waals surface area (Å²) < 4.78 is 13.0. The number of carbonyl (C=O) groups is 1. The molecule has 19 heavy (non-hydrogen) atoms. The van der Waals surface area contributed by atoms with Crippen molar-refractivity contribution in [2.45, 2.75) is 6.92 Å². The Labute approximate surface area is 115 Å². The van der Waals surface area contributed by atoms with Gasteiger partial charge in [0.15, 0.2) is 0 Å². The molecule has 98 valence electrons. The van der Waals surface area contributed by atoms with Gasteiger partial charge in [-0.25, -0.2) is 4.39 Å². The molecule has 2 aromatic rings. The maximum absolute atomic E-state index is 13.0. The van der Waals surface area contributed by atoms with Crippen LogP contribution in [0.3, 0.4) is 0 Å². The highest BCUT2D eigenvalue weighted by Gasteiger charge is 2.09. The number of amides is 1. The number of anilines is 2. The third-order valence-electron chi connectivity index (χ3n) is 2.69. The van der Waals surface area contributed by atoms with E-state index in [1.165, 1.54) is 24.3 Å². The molecule has 0 radical (unpaired) electrons. The Morgan fingerprint density at radius 3 is 2.63 bits per heavy atom. The fourth-order valence-corrected chi connectivity index (χ4v) is 1.76. The van der Waals surface area contributed by atoms with Crippen molar-refractivity contribution in [1.29, 1.82) is 0 Å². The number of nitrogen functional groups attached to an aromatic ring is 1. The Bertz CT molecular complexity index is 643. The van der Waals surface area contributed by atoms with E-state index in [-0.39, 0.29) is 11.7 Å². The van der Waals surface area contributed by atoms with Gasteiger partial charge in [0.05, 0.1) is 10.7 Å². The van der Waals surface area contributed by atoms with Gasteiger partial charge in [0.1, 0.15) is 5.82 Å². The van der Waals surface area contributed by atoms with Gasteiger partial charge in [-0.05, 0) is 48.9 Å². The van der Waals surface area contributed by atoms with Crippen molar-refractivity contribution < 1.29 is 9.18 Å².